The Morgan fingerprint density at radius 2 is 1.77 bits per heavy atom. The van der Waals surface area contributed by atoms with Crippen molar-refractivity contribution in [2.75, 3.05) is 49.8 Å². The van der Waals surface area contributed by atoms with Gasteiger partial charge in [-0.1, -0.05) is 18.4 Å². The van der Waals surface area contributed by atoms with Crippen LogP contribution in [0.1, 0.15) is 70.3 Å². The van der Waals surface area contributed by atoms with E-state index >= 15 is 8.78 Å². The Bertz CT molecular complexity index is 2390. The fraction of sp³-hybridized carbons (Fsp3) is 0.548. The number of hydrogen-bond acceptors (Lipinski definition) is 11. The van der Waals surface area contributed by atoms with E-state index in [0.29, 0.717) is 54.7 Å². The maximum absolute atomic E-state index is 17.3. The second kappa shape index (κ2) is 13.7. The first-order chi connectivity index (χ1) is 26.8. The Labute approximate surface area is 325 Å². The van der Waals surface area contributed by atoms with Gasteiger partial charge in [0, 0.05) is 41.5 Å². The zero-order chi connectivity index (χ0) is 39.1. The molecule has 14 heteroatoms. The molecule has 2 saturated carbocycles. The highest BCUT2D eigenvalue weighted by molar-refractivity contribution is 7.91. The predicted octanol–water partition coefficient (Wildman–Crippen LogP) is 6.01. The van der Waals surface area contributed by atoms with E-state index in [-0.39, 0.29) is 80.6 Å². The number of fused-ring (bicyclic) bond motifs is 4. The van der Waals surface area contributed by atoms with Crippen molar-refractivity contribution in [3.05, 3.63) is 41.5 Å². The second-order valence-corrected chi connectivity index (χ2v) is 19.3. The van der Waals surface area contributed by atoms with E-state index < -0.39 is 27.1 Å². The van der Waals surface area contributed by atoms with Gasteiger partial charge >= 0.3 is 6.01 Å². The van der Waals surface area contributed by atoms with Crippen LogP contribution in [0.3, 0.4) is 0 Å². The number of rotatable bonds is 7. The van der Waals surface area contributed by atoms with Crippen LogP contribution in [-0.4, -0.2) is 101 Å². The minimum atomic E-state index is -2.95. The van der Waals surface area contributed by atoms with Crippen LogP contribution in [0.4, 0.5) is 14.6 Å². The minimum absolute atomic E-state index is 0.00447. The molecule has 5 fully saturated rings. The SMILES string of the molecule is C#Cc1c(F)ccc2cc(O)cc(-c3nc(OC)c4c(N5CCCC(C)(O)C5)nc(OCC56CCCC5N(C5CC7CS(=O)(=O)CC7C5)CCC6)nc4c3F)c12. The van der Waals surface area contributed by atoms with Gasteiger partial charge in [0.2, 0.25) is 5.88 Å². The molecule has 0 radical (unpaired) electrons. The molecule has 0 bridgehead atoms. The van der Waals surface area contributed by atoms with Gasteiger partial charge in [-0.2, -0.15) is 9.97 Å². The number of phenols is 1. The predicted molar refractivity (Wildman–Crippen MR) is 209 cm³/mol. The summed E-state index contributed by atoms with van der Waals surface area (Å²) in [5, 5.41) is 22.7. The van der Waals surface area contributed by atoms with E-state index in [4.69, 9.17) is 25.9 Å². The first-order valence-corrected chi connectivity index (χ1v) is 21.5. The number of terminal acetylenes is 1. The van der Waals surface area contributed by atoms with E-state index in [9.17, 15) is 18.6 Å². The first kappa shape index (κ1) is 37.3. The molecule has 0 amide bonds. The number of piperidine rings is 2. The summed E-state index contributed by atoms with van der Waals surface area (Å²) < 4.78 is 69.5. The summed E-state index contributed by atoms with van der Waals surface area (Å²) in [6.07, 6.45) is 13.8. The van der Waals surface area contributed by atoms with Crippen molar-refractivity contribution in [3.63, 3.8) is 0 Å². The van der Waals surface area contributed by atoms with Crippen LogP contribution in [0.15, 0.2) is 24.3 Å². The molecule has 0 spiro atoms. The summed E-state index contributed by atoms with van der Waals surface area (Å²) in [6, 6.07) is 5.98. The second-order valence-electron chi connectivity index (χ2n) is 17.1. The molecular weight excluding hydrogens is 741 g/mol. The summed E-state index contributed by atoms with van der Waals surface area (Å²) >= 11 is 0. The molecule has 2 aromatic carbocycles. The Morgan fingerprint density at radius 1 is 1.02 bits per heavy atom. The maximum atomic E-state index is 17.3. The molecule has 296 valence electrons. The number of ether oxygens (including phenoxy) is 2. The van der Waals surface area contributed by atoms with E-state index in [1.54, 1.807) is 6.92 Å². The number of aliphatic hydroxyl groups is 1. The molecule has 5 atom stereocenters. The van der Waals surface area contributed by atoms with Gasteiger partial charge in [-0.3, -0.25) is 4.90 Å². The number of benzene rings is 2. The molecule has 2 N–H and O–H groups in total. The fourth-order valence-electron chi connectivity index (χ4n) is 11.0. The quantitative estimate of drug-likeness (QED) is 0.213. The lowest BCUT2D eigenvalue weighted by Gasteiger charge is -2.48. The van der Waals surface area contributed by atoms with Crippen LogP contribution in [-0.2, 0) is 9.84 Å². The summed E-state index contributed by atoms with van der Waals surface area (Å²) in [7, 11) is -1.54. The lowest BCUT2D eigenvalue weighted by molar-refractivity contribution is -0.0224. The van der Waals surface area contributed by atoms with Crippen molar-refractivity contribution in [3.8, 4) is 41.2 Å². The number of likely N-dealkylation sites (tertiary alicyclic amines) is 1. The molecule has 3 aliphatic heterocycles. The van der Waals surface area contributed by atoms with Crippen molar-refractivity contribution < 1.29 is 36.9 Å². The molecule has 11 nitrogen and oxygen atoms in total. The molecule has 56 heavy (non-hydrogen) atoms. The lowest BCUT2D eigenvalue weighted by Crippen LogP contribution is -2.55. The average molecular weight is 788 g/mol. The van der Waals surface area contributed by atoms with Gasteiger partial charge in [-0.25, -0.2) is 22.2 Å². The Hall–Kier alpha value is -4.32. The highest BCUT2D eigenvalue weighted by Crippen LogP contribution is 2.52. The van der Waals surface area contributed by atoms with Crippen LogP contribution < -0.4 is 14.4 Å². The Morgan fingerprint density at radius 3 is 2.50 bits per heavy atom. The minimum Gasteiger partial charge on any atom is -0.508 e. The molecule has 9 rings (SSSR count). The van der Waals surface area contributed by atoms with Crippen LogP contribution in [0.25, 0.3) is 32.9 Å². The Balaban J connectivity index is 1.13. The van der Waals surface area contributed by atoms with Crippen LogP contribution >= 0.6 is 0 Å². The number of aromatic hydroxyl groups is 1. The lowest BCUT2D eigenvalue weighted by atomic mass is 9.75. The zero-order valence-corrected chi connectivity index (χ0v) is 32.5. The normalized spacial score (nSPS) is 30.0. The third kappa shape index (κ3) is 6.30. The first-order valence-electron chi connectivity index (χ1n) is 19.7. The van der Waals surface area contributed by atoms with Gasteiger partial charge in [0.1, 0.15) is 34.0 Å². The topological polar surface area (TPSA) is 138 Å². The molecule has 2 aromatic heterocycles. The molecule has 2 aliphatic carbocycles. The van der Waals surface area contributed by atoms with E-state index in [2.05, 4.69) is 15.8 Å². The third-order valence-corrected chi connectivity index (χ3v) is 15.3. The monoisotopic (exact) mass is 787 g/mol. The van der Waals surface area contributed by atoms with Crippen molar-refractivity contribution in [2.24, 2.45) is 17.3 Å². The van der Waals surface area contributed by atoms with Crippen molar-refractivity contribution >= 4 is 37.3 Å². The number of nitrogens with zero attached hydrogens (tertiary/aromatic N) is 5. The summed E-state index contributed by atoms with van der Waals surface area (Å²) in [4.78, 5) is 18.7. The van der Waals surface area contributed by atoms with E-state index in [0.717, 1.165) is 51.5 Å². The van der Waals surface area contributed by atoms with Crippen molar-refractivity contribution in [2.45, 2.75) is 82.4 Å². The smallest absolute Gasteiger partial charge is 0.319 e. The third-order valence-electron chi connectivity index (χ3n) is 13.4. The standard InChI is InChI=1S/C42H47F2N5O6S/c1-4-29-31(43)10-9-24-18-28(50)19-30(33(24)29)36-35(44)37-34(39(45-36)54-3)38(48-14-6-11-41(2,51)22-48)47-40(46-37)55-23-42-12-5-8-32(42)49(15-7-13-42)27-16-25-20-56(52,53)21-26(25)17-27/h1,9-10,18-19,25-27,32,50-51H,5-8,11-17,20-23H2,2-3H3. The Kier molecular flexibility index (Phi) is 9.09. The van der Waals surface area contributed by atoms with Crippen molar-refractivity contribution in [1.82, 2.24) is 19.9 Å². The molecule has 5 heterocycles. The molecule has 3 saturated heterocycles. The van der Waals surface area contributed by atoms with Gasteiger partial charge in [0.25, 0.3) is 0 Å². The van der Waals surface area contributed by atoms with Crippen LogP contribution in [0, 0.1) is 41.2 Å². The highest BCUT2D eigenvalue weighted by Gasteiger charge is 2.53. The van der Waals surface area contributed by atoms with Crippen LogP contribution in [0.5, 0.6) is 17.6 Å². The molecular formula is C42H47F2N5O6S. The maximum Gasteiger partial charge on any atom is 0.319 e. The zero-order valence-electron chi connectivity index (χ0n) is 31.7. The van der Waals surface area contributed by atoms with E-state index in [1.807, 2.05) is 4.90 Å². The number of hydrogen-bond donors (Lipinski definition) is 2. The number of halogens is 2. The molecule has 5 aliphatic rings. The number of sulfone groups is 1. The molecule has 5 unspecified atom stereocenters. The fourth-order valence-corrected chi connectivity index (χ4v) is 13.3. The average Bonchev–Trinajstić information content (AvgIpc) is 3.84. The molecule has 4 aromatic rings. The largest absolute Gasteiger partial charge is 0.508 e. The summed E-state index contributed by atoms with van der Waals surface area (Å²) in [5.41, 5.74) is -1.62. The van der Waals surface area contributed by atoms with Gasteiger partial charge < -0.3 is 24.6 Å². The van der Waals surface area contributed by atoms with Gasteiger partial charge in [0.15, 0.2) is 15.7 Å². The van der Waals surface area contributed by atoms with Gasteiger partial charge in [-0.15, -0.1) is 6.42 Å². The van der Waals surface area contributed by atoms with Gasteiger partial charge in [-0.05, 0) is 100 Å². The number of methoxy groups -OCH3 is 1. The number of aromatic nitrogens is 3. The summed E-state index contributed by atoms with van der Waals surface area (Å²) in [6.45, 7) is 3.81. The highest BCUT2D eigenvalue weighted by atomic mass is 32.2. The van der Waals surface area contributed by atoms with Crippen LogP contribution in [0.2, 0.25) is 0 Å². The number of anilines is 1. The van der Waals surface area contributed by atoms with Crippen molar-refractivity contribution in [1.29, 1.82) is 0 Å². The van der Waals surface area contributed by atoms with E-state index in [1.165, 1.54) is 31.4 Å². The van der Waals surface area contributed by atoms with Gasteiger partial charge in [0.05, 0.1) is 36.4 Å². The summed E-state index contributed by atoms with van der Waals surface area (Å²) in [5.74, 6) is 2.06. The number of β-amino-alcohol motifs (C(OH)–C–C–N with tert-alkyl or cyclic N) is 1. The number of pyridine rings is 1. The number of phenolic OH excluding ortho intramolecular Hbond substituents is 1.